The van der Waals surface area contributed by atoms with Gasteiger partial charge in [0, 0.05) is 30.9 Å². The van der Waals surface area contributed by atoms with Crippen molar-refractivity contribution in [2.24, 2.45) is 0 Å². The van der Waals surface area contributed by atoms with E-state index < -0.39 is 23.5 Å². The van der Waals surface area contributed by atoms with E-state index in [4.69, 9.17) is 9.15 Å². The van der Waals surface area contributed by atoms with Crippen molar-refractivity contribution in [2.75, 3.05) is 6.54 Å². The highest BCUT2D eigenvalue weighted by Gasteiger charge is 2.44. The van der Waals surface area contributed by atoms with Crippen LogP contribution >= 0.6 is 0 Å². The second kappa shape index (κ2) is 10.3. The minimum Gasteiger partial charge on any atom is -0.503 e. The molecule has 8 nitrogen and oxygen atoms in total. The van der Waals surface area contributed by atoms with E-state index in [-0.39, 0.29) is 11.3 Å². The number of imidazole rings is 1. The molecule has 0 aliphatic carbocycles. The van der Waals surface area contributed by atoms with Crippen molar-refractivity contribution in [3.63, 3.8) is 0 Å². The molecule has 1 aliphatic rings. The number of ether oxygens (including phenoxy) is 1. The van der Waals surface area contributed by atoms with Crippen LogP contribution in [-0.4, -0.2) is 37.8 Å². The smallest absolute Gasteiger partial charge is 0.290 e. The van der Waals surface area contributed by atoms with E-state index in [1.165, 1.54) is 4.90 Å². The summed E-state index contributed by atoms with van der Waals surface area (Å²) in [7, 11) is 0. The third kappa shape index (κ3) is 4.80. The van der Waals surface area contributed by atoms with Gasteiger partial charge in [0.1, 0.15) is 17.1 Å². The van der Waals surface area contributed by atoms with Crippen molar-refractivity contribution >= 4 is 22.7 Å². The second-order valence-corrected chi connectivity index (χ2v) is 9.28. The number of hydrogen-bond acceptors (Lipinski definition) is 6. The number of furan rings is 1. The highest BCUT2D eigenvalue weighted by atomic mass is 16.5. The first kappa shape index (κ1) is 24.2. The van der Waals surface area contributed by atoms with Gasteiger partial charge in [0.05, 0.1) is 17.9 Å². The molecule has 0 bridgehead atoms. The first-order valence-electron chi connectivity index (χ1n) is 12.6. The van der Waals surface area contributed by atoms with Crippen molar-refractivity contribution in [3.05, 3.63) is 126 Å². The summed E-state index contributed by atoms with van der Waals surface area (Å²) in [6, 6.07) is 24.7. The number of Topliss-reactive ketones (excluding diaryl/α,β-unsaturated/α-hetero) is 1. The van der Waals surface area contributed by atoms with E-state index in [2.05, 4.69) is 4.98 Å². The third-order valence-electron chi connectivity index (χ3n) is 6.72. The molecular weight excluding hydrogens is 494 g/mol. The van der Waals surface area contributed by atoms with Crippen molar-refractivity contribution < 1.29 is 23.8 Å². The number of aliphatic hydroxyl groups is 1. The van der Waals surface area contributed by atoms with Crippen LogP contribution in [0.15, 0.2) is 119 Å². The zero-order valence-electron chi connectivity index (χ0n) is 20.9. The molecular formula is C31H25N3O5. The average Bonchev–Trinajstić information content (AvgIpc) is 3.69. The van der Waals surface area contributed by atoms with Gasteiger partial charge in [0.15, 0.2) is 11.5 Å². The van der Waals surface area contributed by atoms with Crippen LogP contribution in [0.4, 0.5) is 0 Å². The average molecular weight is 520 g/mol. The molecule has 5 aromatic rings. The molecule has 39 heavy (non-hydrogen) atoms. The number of aromatic nitrogens is 2. The second-order valence-electron chi connectivity index (χ2n) is 9.28. The number of nitrogens with zero attached hydrogens (tertiary/aromatic N) is 3. The van der Waals surface area contributed by atoms with Crippen LogP contribution in [0.2, 0.25) is 0 Å². The number of para-hydroxylation sites is 2. The number of rotatable bonds is 9. The maximum absolute atomic E-state index is 13.8. The van der Waals surface area contributed by atoms with Gasteiger partial charge in [-0.1, -0.05) is 48.5 Å². The number of fused-ring (bicyclic) bond motifs is 1. The summed E-state index contributed by atoms with van der Waals surface area (Å²) in [6.45, 7) is 0.938. The highest BCUT2D eigenvalue weighted by molar-refractivity contribution is 6.16. The first-order valence-corrected chi connectivity index (χ1v) is 12.6. The zero-order chi connectivity index (χ0) is 26.8. The van der Waals surface area contributed by atoms with Gasteiger partial charge in [-0.25, -0.2) is 4.98 Å². The van der Waals surface area contributed by atoms with Crippen LogP contribution in [0.25, 0.3) is 11.0 Å². The molecule has 3 heterocycles. The summed E-state index contributed by atoms with van der Waals surface area (Å²) in [6.07, 6.45) is 5.84. The maximum atomic E-state index is 13.8. The lowest BCUT2D eigenvalue weighted by atomic mass is 9.94. The quantitative estimate of drug-likeness (QED) is 0.237. The Kier molecular flexibility index (Phi) is 6.42. The summed E-state index contributed by atoms with van der Waals surface area (Å²) in [5.74, 6) is -0.430. The lowest BCUT2D eigenvalue weighted by molar-refractivity contribution is -0.129. The molecule has 194 valence electrons. The number of carbonyl (C=O) groups excluding carboxylic acids is 2. The van der Waals surface area contributed by atoms with Crippen LogP contribution in [0.5, 0.6) is 11.5 Å². The Balaban J connectivity index is 1.36. The van der Waals surface area contributed by atoms with Gasteiger partial charge >= 0.3 is 0 Å². The first-order chi connectivity index (χ1) is 19.1. The van der Waals surface area contributed by atoms with Gasteiger partial charge in [-0.3, -0.25) is 9.59 Å². The molecule has 0 saturated heterocycles. The molecule has 1 aliphatic heterocycles. The Bertz CT molecular complexity index is 1640. The SMILES string of the molecule is O=C(C1=C(O)C(=O)N(CCCn2ccnc2)C1c1cccc(Oc2ccccc2)c1)c1cc2ccccc2o1. The van der Waals surface area contributed by atoms with E-state index in [1.54, 1.807) is 42.9 Å². The largest absolute Gasteiger partial charge is 0.503 e. The number of carbonyl (C=O) groups is 2. The number of aliphatic hydroxyl groups excluding tert-OH is 1. The number of hydrogen-bond donors (Lipinski definition) is 1. The van der Waals surface area contributed by atoms with Crippen LogP contribution in [0.3, 0.4) is 0 Å². The van der Waals surface area contributed by atoms with Crippen LogP contribution in [0.1, 0.15) is 28.6 Å². The summed E-state index contributed by atoms with van der Waals surface area (Å²) in [4.78, 5) is 32.8. The zero-order valence-corrected chi connectivity index (χ0v) is 20.9. The van der Waals surface area contributed by atoms with Crippen LogP contribution in [-0.2, 0) is 11.3 Å². The topological polar surface area (TPSA) is 97.8 Å². The number of ketones is 1. The molecule has 1 atom stereocenters. The summed E-state index contributed by atoms with van der Waals surface area (Å²) < 4.78 is 13.8. The number of benzene rings is 3. The molecule has 0 spiro atoms. The van der Waals surface area contributed by atoms with E-state index in [1.807, 2.05) is 65.4 Å². The van der Waals surface area contributed by atoms with Crippen molar-refractivity contribution in [3.8, 4) is 11.5 Å². The molecule has 1 amide bonds. The Morgan fingerprint density at radius 2 is 1.74 bits per heavy atom. The van der Waals surface area contributed by atoms with Gasteiger partial charge in [0.25, 0.3) is 5.91 Å². The monoisotopic (exact) mass is 519 g/mol. The standard InChI is InChI=1S/C31H25N3O5/c35-29(26-19-21-8-4-5-13-25(21)39-26)27-28(22-9-6-12-24(18-22)38-23-10-2-1-3-11-23)34(31(37)30(27)36)16-7-15-33-17-14-32-20-33/h1-6,8-14,17-20,28,36H,7,15-16H2. The van der Waals surface area contributed by atoms with Gasteiger partial charge in [-0.15, -0.1) is 0 Å². The lowest BCUT2D eigenvalue weighted by Crippen LogP contribution is -2.32. The Morgan fingerprint density at radius 1 is 0.949 bits per heavy atom. The van der Waals surface area contributed by atoms with Gasteiger partial charge in [-0.2, -0.15) is 0 Å². The highest BCUT2D eigenvalue weighted by Crippen LogP contribution is 2.41. The van der Waals surface area contributed by atoms with Gasteiger partial charge in [0.2, 0.25) is 5.78 Å². The molecule has 1 unspecified atom stereocenters. The Labute approximate surface area is 224 Å². The van der Waals surface area contributed by atoms with E-state index >= 15 is 0 Å². The molecule has 2 aromatic heterocycles. The fraction of sp³-hybridized carbons (Fsp3) is 0.129. The van der Waals surface area contributed by atoms with Gasteiger partial charge < -0.3 is 23.7 Å². The summed E-state index contributed by atoms with van der Waals surface area (Å²) in [5.41, 5.74) is 1.18. The molecule has 3 aromatic carbocycles. The van der Waals surface area contributed by atoms with Crippen LogP contribution in [0, 0.1) is 0 Å². The minimum absolute atomic E-state index is 0.0152. The lowest BCUT2D eigenvalue weighted by Gasteiger charge is -2.27. The molecule has 0 saturated carbocycles. The van der Waals surface area contributed by atoms with E-state index in [9.17, 15) is 14.7 Å². The van der Waals surface area contributed by atoms with Crippen molar-refractivity contribution in [1.82, 2.24) is 14.5 Å². The predicted molar refractivity (Wildman–Crippen MR) is 144 cm³/mol. The van der Waals surface area contributed by atoms with Crippen LogP contribution < -0.4 is 4.74 Å². The fourth-order valence-electron chi connectivity index (χ4n) is 4.90. The normalized spacial score (nSPS) is 15.3. The fourth-order valence-corrected chi connectivity index (χ4v) is 4.90. The maximum Gasteiger partial charge on any atom is 0.290 e. The summed E-state index contributed by atoms with van der Waals surface area (Å²) >= 11 is 0. The van der Waals surface area contributed by atoms with E-state index in [0.717, 1.165) is 5.39 Å². The predicted octanol–water partition coefficient (Wildman–Crippen LogP) is 6.09. The minimum atomic E-state index is -0.819. The van der Waals surface area contributed by atoms with E-state index in [0.29, 0.717) is 42.2 Å². The number of aryl methyl sites for hydroxylation is 1. The van der Waals surface area contributed by atoms with Crippen molar-refractivity contribution in [2.45, 2.75) is 19.0 Å². The summed E-state index contributed by atoms with van der Waals surface area (Å²) in [5, 5.41) is 11.8. The third-order valence-corrected chi connectivity index (χ3v) is 6.72. The Morgan fingerprint density at radius 3 is 2.54 bits per heavy atom. The number of amides is 1. The van der Waals surface area contributed by atoms with Crippen molar-refractivity contribution in [1.29, 1.82) is 0 Å². The molecule has 8 heteroatoms. The molecule has 6 rings (SSSR count). The molecule has 1 N–H and O–H groups in total. The Hall–Kier alpha value is -5.11. The molecule has 0 radical (unpaired) electrons. The molecule has 0 fully saturated rings. The van der Waals surface area contributed by atoms with Gasteiger partial charge in [-0.05, 0) is 48.4 Å².